The molecular weight excluding hydrogens is 505 g/mol. The summed E-state index contributed by atoms with van der Waals surface area (Å²) in [5, 5.41) is 0. The van der Waals surface area contributed by atoms with Crippen molar-refractivity contribution in [2.75, 3.05) is 4.90 Å². The summed E-state index contributed by atoms with van der Waals surface area (Å²) in [7, 11) is 0. The standard InChI is InChI=1S/C26H15BrFNO5/c27-14-8-10-16(11-9-14)29-24(32)19-20(25(29)33)26(34-21(19)13-4-3-5-15(28)12-13)22(30)17-6-1-2-7-18(17)23(26)31/h1-12,19-21H/t19-,20-,21-/m0/s1. The lowest BCUT2D eigenvalue weighted by Crippen LogP contribution is -2.51. The molecule has 34 heavy (non-hydrogen) atoms. The van der Waals surface area contributed by atoms with E-state index in [1.807, 2.05) is 0 Å². The molecule has 2 amide bonds. The van der Waals surface area contributed by atoms with Crippen LogP contribution in [0.5, 0.6) is 0 Å². The fraction of sp³-hybridized carbons (Fsp3) is 0.154. The second kappa shape index (κ2) is 7.25. The molecule has 0 bridgehead atoms. The van der Waals surface area contributed by atoms with Crippen molar-refractivity contribution in [3.8, 4) is 0 Å². The number of ketones is 2. The second-order valence-corrected chi connectivity index (χ2v) is 9.44. The van der Waals surface area contributed by atoms with Crippen LogP contribution in [0.25, 0.3) is 0 Å². The molecule has 6 nitrogen and oxygen atoms in total. The zero-order chi connectivity index (χ0) is 23.8. The molecule has 0 aromatic heterocycles. The molecular formula is C26H15BrFNO5. The van der Waals surface area contributed by atoms with Crippen molar-refractivity contribution >= 4 is 45.0 Å². The van der Waals surface area contributed by atoms with E-state index in [0.29, 0.717) is 5.69 Å². The fourth-order valence-corrected chi connectivity index (χ4v) is 5.61. The molecule has 2 fully saturated rings. The van der Waals surface area contributed by atoms with Crippen LogP contribution in [0.4, 0.5) is 10.1 Å². The maximum Gasteiger partial charge on any atom is 0.241 e. The van der Waals surface area contributed by atoms with Crippen LogP contribution in [0.3, 0.4) is 0 Å². The Hall–Kier alpha value is -3.49. The van der Waals surface area contributed by atoms with Gasteiger partial charge in [-0.3, -0.25) is 19.2 Å². The first-order chi connectivity index (χ1) is 16.3. The molecule has 3 aromatic rings. The van der Waals surface area contributed by atoms with Gasteiger partial charge in [-0.2, -0.15) is 0 Å². The van der Waals surface area contributed by atoms with E-state index in [-0.39, 0.29) is 16.7 Å². The van der Waals surface area contributed by atoms with Crippen LogP contribution < -0.4 is 4.90 Å². The number of hydrogen-bond donors (Lipinski definition) is 0. The number of Topliss-reactive ketones (excluding diaryl/α,β-unsaturated/α-hetero) is 2. The Labute approximate surface area is 201 Å². The molecule has 1 spiro atoms. The van der Waals surface area contributed by atoms with E-state index in [2.05, 4.69) is 15.9 Å². The van der Waals surface area contributed by atoms with Crippen LogP contribution in [0.15, 0.2) is 77.3 Å². The summed E-state index contributed by atoms with van der Waals surface area (Å²) < 4.78 is 21.0. The van der Waals surface area contributed by atoms with Crippen LogP contribution in [-0.2, 0) is 14.3 Å². The molecule has 0 saturated carbocycles. The Bertz CT molecular complexity index is 1380. The molecule has 8 heteroatoms. The fourth-order valence-electron chi connectivity index (χ4n) is 5.35. The molecule has 0 N–H and O–H groups in total. The highest BCUT2D eigenvalue weighted by molar-refractivity contribution is 9.10. The summed E-state index contributed by atoms with van der Waals surface area (Å²) in [6.45, 7) is 0. The monoisotopic (exact) mass is 519 g/mol. The Morgan fingerprint density at radius 3 is 2.09 bits per heavy atom. The summed E-state index contributed by atoms with van der Waals surface area (Å²) in [6.07, 6.45) is -1.15. The second-order valence-electron chi connectivity index (χ2n) is 8.52. The minimum Gasteiger partial charge on any atom is -0.349 e. The van der Waals surface area contributed by atoms with E-state index < -0.39 is 52.7 Å². The number of nitrogens with zero attached hydrogens (tertiary/aromatic N) is 1. The number of imide groups is 1. The molecule has 0 unspecified atom stereocenters. The molecule has 0 radical (unpaired) electrons. The largest absolute Gasteiger partial charge is 0.349 e. The van der Waals surface area contributed by atoms with Crippen molar-refractivity contribution in [3.63, 3.8) is 0 Å². The summed E-state index contributed by atoms with van der Waals surface area (Å²) in [6, 6.07) is 18.3. The SMILES string of the molecule is O=C1[C@H]2[C@@H](C(=O)N1c1ccc(Br)cc1)C1(O[C@H]2c2cccc(F)c2)C(=O)c2ccccc2C1=O. The molecule has 3 aromatic carbocycles. The van der Waals surface area contributed by atoms with Crippen LogP contribution >= 0.6 is 15.9 Å². The highest BCUT2D eigenvalue weighted by Gasteiger charge is 2.74. The van der Waals surface area contributed by atoms with E-state index in [4.69, 9.17) is 4.74 Å². The summed E-state index contributed by atoms with van der Waals surface area (Å²) >= 11 is 3.33. The summed E-state index contributed by atoms with van der Waals surface area (Å²) in [5.74, 6) is -5.69. The van der Waals surface area contributed by atoms with Gasteiger partial charge in [-0.1, -0.05) is 52.3 Å². The van der Waals surface area contributed by atoms with Crippen molar-refractivity contribution in [1.82, 2.24) is 0 Å². The molecule has 2 heterocycles. The molecule has 1 aliphatic carbocycles. The van der Waals surface area contributed by atoms with E-state index >= 15 is 0 Å². The highest BCUT2D eigenvalue weighted by atomic mass is 79.9. The summed E-state index contributed by atoms with van der Waals surface area (Å²) in [4.78, 5) is 55.7. The van der Waals surface area contributed by atoms with E-state index in [1.54, 1.807) is 42.5 Å². The van der Waals surface area contributed by atoms with Crippen LogP contribution in [0, 0.1) is 17.7 Å². The van der Waals surface area contributed by atoms with Crippen molar-refractivity contribution in [3.05, 3.63) is 99.8 Å². The topological polar surface area (TPSA) is 80.8 Å². The Morgan fingerprint density at radius 2 is 1.47 bits per heavy atom. The lowest BCUT2D eigenvalue weighted by molar-refractivity contribution is -0.127. The van der Waals surface area contributed by atoms with Gasteiger partial charge in [0.05, 0.1) is 23.6 Å². The quantitative estimate of drug-likeness (QED) is 0.372. The first-order valence-electron chi connectivity index (χ1n) is 10.6. The van der Waals surface area contributed by atoms with Crippen LogP contribution in [0.1, 0.15) is 32.4 Å². The Morgan fingerprint density at radius 1 is 0.824 bits per heavy atom. The van der Waals surface area contributed by atoms with Gasteiger partial charge in [0.25, 0.3) is 0 Å². The van der Waals surface area contributed by atoms with Gasteiger partial charge >= 0.3 is 0 Å². The van der Waals surface area contributed by atoms with E-state index in [9.17, 15) is 23.6 Å². The van der Waals surface area contributed by atoms with Gasteiger partial charge in [0, 0.05) is 15.6 Å². The molecule has 168 valence electrons. The van der Waals surface area contributed by atoms with Gasteiger partial charge in [-0.25, -0.2) is 9.29 Å². The number of halogens is 2. The van der Waals surface area contributed by atoms with Gasteiger partial charge in [0.15, 0.2) is 0 Å². The number of ether oxygens (including phenoxy) is 1. The van der Waals surface area contributed by atoms with Gasteiger partial charge in [0.2, 0.25) is 29.0 Å². The third-order valence-electron chi connectivity index (χ3n) is 6.78. The molecule has 2 saturated heterocycles. The minimum atomic E-state index is -2.18. The average Bonchev–Trinajstić information content (AvgIpc) is 3.40. The normalized spacial score (nSPS) is 24.8. The average molecular weight is 520 g/mol. The van der Waals surface area contributed by atoms with E-state index in [1.165, 1.54) is 30.3 Å². The summed E-state index contributed by atoms with van der Waals surface area (Å²) in [5.41, 5.74) is -1.29. The van der Waals surface area contributed by atoms with Crippen molar-refractivity contribution in [2.45, 2.75) is 11.7 Å². The third kappa shape index (κ3) is 2.63. The number of rotatable bonds is 2. The first-order valence-corrected chi connectivity index (χ1v) is 11.4. The minimum absolute atomic E-state index is 0.147. The number of carbonyl (C=O) groups is 4. The number of anilines is 1. The van der Waals surface area contributed by atoms with Gasteiger partial charge in [0.1, 0.15) is 5.82 Å². The number of fused-ring (bicyclic) bond motifs is 3. The first kappa shape index (κ1) is 21.1. The van der Waals surface area contributed by atoms with Gasteiger partial charge < -0.3 is 4.74 Å². The van der Waals surface area contributed by atoms with Crippen molar-refractivity contribution in [2.24, 2.45) is 11.8 Å². The maximum absolute atomic E-state index is 14.1. The number of carbonyl (C=O) groups excluding carboxylic acids is 4. The predicted molar refractivity (Wildman–Crippen MR) is 122 cm³/mol. The Kier molecular flexibility index (Phi) is 4.49. The van der Waals surface area contributed by atoms with Gasteiger partial charge in [-0.05, 0) is 42.0 Å². The zero-order valence-electron chi connectivity index (χ0n) is 17.4. The molecule has 3 atom stereocenters. The van der Waals surface area contributed by atoms with Crippen LogP contribution in [-0.4, -0.2) is 29.0 Å². The lowest BCUT2D eigenvalue weighted by Gasteiger charge is -2.27. The highest BCUT2D eigenvalue weighted by Crippen LogP contribution is 2.57. The Balaban J connectivity index is 1.55. The maximum atomic E-state index is 14.1. The molecule has 2 aliphatic heterocycles. The number of amides is 2. The van der Waals surface area contributed by atoms with Crippen molar-refractivity contribution in [1.29, 1.82) is 0 Å². The number of hydrogen-bond acceptors (Lipinski definition) is 5. The van der Waals surface area contributed by atoms with Crippen LogP contribution in [0.2, 0.25) is 0 Å². The third-order valence-corrected chi connectivity index (χ3v) is 7.31. The zero-order valence-corrected chi connectivity index (χ0v) is 19.0. The lowest BCUT2D eigenvalue weighted by atomic mass is 9.77. The molecule has 3 aliphatic rings. The number of benzene rings is 3. The van der Waals surface area contributed by atoms with E-state index in [0.717, 1.165) is 9.37 Å². The van der Waals surface area contributed by atoms with Crippen molar-refractivity contribution < 1.29 is 28.3 Å². The van der Waals surface area contributed by atoms with Gasteiger partial charge in [-0.15, -0.1) is 0 Å². The molecule has 6 rings (SSSR count). The predicted octanol–water partition coefficient (Wildman–Crippen LogP) is 4.28. The smallest absolute Gasteiger partial charge is 0.241 e.